The van der Waals surface area contributed by atoms with Crippen LogP contribution in [0.4, 0.5) is 0 Å². The Morgan fingerprint density at radius 3 is 2.93 bits per heavy atom. The molecule has 1 aliphatic rings. The number of fused-ring (bicyclic) bond motifs is 1. The molecule has 1 unspecified atom stereocenters. The third-order valence-electron chi connectivity index (χ3n) is 3.03. The van der Waals surface area contributed by atoms with Crippen molar-refractivity contribution in [3.05, 3.63) is 34.3 Å². The van der Waals surface area contributed by atoms with Gasteiger partial charge in [0.25, 0.3) is 0 Å². The zero-order valence-corrected chi connectivity index (χ0v) is 8.64. The molecular weight excluding hydrogens is 200 g/mol. The average molecular weight is 211 g/mol. The molecule has 0 heterocycles. The van der Waals surface area contributed by atoms with Gasteiger partial charge in [0.1, 0.15) is 0 Å². The van der Waals surface area contributed by atoms with E-state index >= 15 is 0 Å². The van der Waals surface area contributed by atoms with Gasteiger partial charge in [-0.05, 0) is 43.0 Å². The highest BCUT2D eigenvalue weighted by Gasteiger charge is 2.40. The van der Waals surface area contributed by atoms with Crippen LogP contribution in [0.2, 0.25) is 5.02 Å². The first-order valence-corrected chi connectivity index (χ1v) is 4.94. The van der Waals surface area contributed by atoms with E-state index in [-0.39, 0.29) is 0 Å². The molecule has 2 rings (SSSR count). The molecule has 0 spiro atoms. The van der Waals surface area contributed by atoms with Crippen molar-refractivity contribution in [3.8, 4) is 0 Å². The molecular formula is C11H11ClO2. The van der Waals surface area contributed by atoms with Crippen LogP contribution in [0, 0.1) is 0 Å². The summed E-state index contributed by atoms with van der Waals surface area (Å²) in [5, 5.41) is 9.83. The molecule has 2 nitrogen and oxygen atoms in total. The van der Waals surface area contributed by atoms with Crippen molar-refractivity contribution in [2.45, 2.75) is 25.2 Å². The van der Waals surface area contributed by atoms with Crippen LogP contribution in [0.5, 0.6) is 0 Å². The summed E-state index contributed by atoms with van der Waals surface area (Å²) < 4.78 is 0. The maximum absolute atomic E-state index is 11.1. The molecule has 1 aromatic carbocycles. The highest BCUT2D eigenvalue weighted by atomic mass is 35.5. The Morgan fingerprint density at radius 2 is 2.29 bits per heavy atom. The number of rotatable bonds is 1. The molecule has 1 aliphatic carbocycles. The van der Waals surface area contributed by atoms with Crippen LogP contribution >= 0.6 is 11.6 Å². The molecule has 14 heavy (non-hydrogen) atoms. The van der Waals surface area contributed by atoms with Crippen molar-refractivity contribution in [2.24, 2.45) is 0 Å². The molecule has 3 heteroatoms. The summed E-state index contributed by atoms with van der Waals surface area (Å²) in [5.41, 5.74) is 1.26. The zero-order valence-electron chi connectivity index (χ0n) is 7.88. The predicted octanol–water partition coefficient (Wildman–Crippen LogP) is 2.63. The van der Waals surface area contributed by atoms with Crippen molar-refractivity contribution >= 4 is 17.6 Å². The summed E-state index contributed by atoms with van der Waals surface area (Å²) in [4.78, 5) is 11.1. The number of aliphatic carboxylic acids is 1. The van der Waals surface area contributed by atoms with E-state index in [1.54, 1.807) is 13.0 Å². The molecule has 1 aromatic rings. The smallest absolute Gasteiger partial charge is 0.313 e. The number of benzene rings is 1. The predicted molar refractivity (Wildman–Crippen MR) is 54.8 cm³/mol. The van der Waals surface area contributed by atoms with E-state index in [0.29, 0.717) is 11.4 Å². The van der Waals surface area contributed by atoms with E-state index in [2.05, 4.69) is 0 Å². The number of carboxylic acid groups (broad SMARTS) is 1. The molecule has 0 saturated carbocycles. The lowest BCUT2D eigenvalue weighted by Gasteiger charge is -2.19. The second-order valence-electron chi connectivity index (χ2n) is 3.94. The summed E-state index contributed by atoms with van der Waals surface area (Å²) >= 11 is 5.85. The minimum absolute atomic E-state index is 0.665. The Morgan fingerprint density at radius 1 is 1.57 bits per heavy atom. The van der Waals surface area contributed by atoms with Crippen molar-refractivity contribution in [3.63, 3.8) is 0 Å². The summed E-state index contributed by atoms with van der Waals surface area (Å²) in [7, 11) is 0. The van der Waals surface area contributed by atoms with Crippen molar-refractivity contribution < 1.29 is 9.90 Å². The van der Waals surface area contributed by atoms with Gasteiger partial charge in [-0.3, -0.25) is 4.79 Å². The first kappa shape index (κ1) is 9.53. The Bertz CT molecular complexity index is 400. The normalized spacial score (nSPS) is 24.7. The minimum Gasteiger partial charge on any atom is -0.481 e. The van der Waals surface area contributed by atoms with E-state index in [9.17, 15) is 4.79 Å². The highest BCUT2D eigenvalue weighted by Crippen LogP contribution is 2.39. The zero-order chi connectivity index (χ0) is 10.3. The van der Waals surface area contributed by atoms with Gasteiger partial charge in [0.2, 0.25) is 0 Å². The van der Waals surface area contributed by atoms with Gasteiger partial charge in [-0.2, -0.15) is 0 Å². The van der Waals surface area contributed by atoms with Crippen LogP contribution in [0.1, 0.15) is 24.5 Å². The lowest BCUT2D eigenvalue weighted by molar-refractivity contribution is -0.143. The van der Waals surface area contributed by atoms with E-state index < -0.39 is 11.4 Å². The quantitative estimate of drug-likeness (QED) is 0.774. The number of aryl methyl sites for hydroxylation is 1. The molecule has 1 N–H and O–H groups in total. The largest absolute Gasteiger partial charge is 0.481 e. The van der Waals surface area contributed by atoms with E-state index in [4.69, 9.17) is 16.7 Å². The topological polar surface area (TPSA) is 37.3 Å². The van der Waals surface area contributed by atoms with Crippen molar-refractivity contribution in [1.29, 1.82) is 0 Å². The summed E-state index contributed by atoms with van der Waals surface area (Å²) in [6, 6.07) is 5.46. The van der Waals surface area contributed by atoms with Crippen LogP contribution in [0.3, 0.4) is 0 Å². The Kier molecular flexibility index (Phi) is 2.04. The molecule has 0 bridgehead atoms. The molecule has 0 aromatic heterocycles. The van der Waals surface area contributed by atoms with Gasteiger partial charge in [0.15, 0.2) is 0 Å². The van der Waals surface area contributed by atoms with E-state index in [0.717, 1.165) is 17.5 Å². The van der Waals surface area contributed by atoms with Crippen molar-refractivity contribution in [2.75, 3.05) is 0 Å². The van der Waals surface area contributed by atoms with Gasteiger partial charge in [-0.1, -0.05) is 17.7 Å². The molecule has 74 valence electrons. The van der Waals surface area contributed by atoms with Gasteiger partial charge in [0, 0.05) is 5.02 Å². The highest BCUT2D eigenvalue weighted by molar-refractivity contribution is 6.30. The van der Waals surface area contributed by atoms with Crippen LogP contribution < -0.4 is 0 Å². The molecule has 0 saturated heterocycles. The second kappa shape index (κ2) is 2.99. The van der Waals surface area contributed by atoms with E-state index in [1.165, 1.54) is 0 Å². The van der Waals surface area contributed by atoms with Gasteiger partial charge in [0.05, 0.1) is 5.41 Å². The maximum atomic E-state index is 11.1. The summed E-state index contributed by atoms with van der Waals surface area (Å²) in [5.74, 6) is -0.751. The monoisotopic (exact) mass is 210 g/mol. The summed E-state index contributed by atoms with van der Waals surface area (Å²) in [6.45, 7) is 1.77. The van der Waals surface area contributed by atoms with Gasteiger partial charge in [-0.15, -0.1) is 0 Å². The Hall–Kier alpha value is -1.02. The first-order chi connectivity index (χ1) is 6.54. The number of carbonyl (C=O) groups is 1. The SMILES string of the molecule is CC1(C(=O)O)CCc2cc(Cl)ccc21. The second-order valence-corrected chi connectivity index (χ2v) is 4.38. The molecule has 0 amide bonds. The van der Waals surface area contributed by atoms with Crippen molar-refractivity contribution in [1.82, 2.24) is 0 Å². The lowest BCUT2D eigenvalue weighted by Crippen LogP contribution is -2.29. The summed E-state index contributed by atoms with van der Waals surface area (Å²) in [6.07, 6.45) is 1.47. The minimum atomic E-state index is -0.751. The van der Waals surface area contributed by atoms with Crippen LogP contribution in [-0.4, -0.2) is 11.1 Å². The lowest BCUT2D eigenvalue weighted by atomic mass is 9.84. The third-order valence-corrected chi connectivity index (χ3v) is 3.26. The van der Waals surface area contributed by atoms with Crippen LogP contribution in [-0.2, 0) is 16.6 Å². The molecule has 0 fully saturated rings. The Labute approximate surface area is 87.5 Å². The van der Waals surface area contributed by atoms with Gasteiger partial charge < -0.3 is 5.11 Å². The average Bonchev–Trinajstić information content (AvgIpc) is 2.45. The third kappa shape index (κ3) is 1.22. The number of halogens is 1. The fourth-order valence-corrected chi connectivity index (χ4v) is 2.24. The van der Waals surface area contributed by atoms with Crippen LogP contribution in [0.15, 0.2) is 18.2 Å². The molecule has 0 radical (unpaired) electrons. The first-order valence-electron chi connectivity index (χ1n) is 4.56. The molecule has 1 atom stereocenters. The Balaban J connectivity index is 2.55. The van der Waals surface area contributed by atoms with Gasteiger partial charge >= 0.3 is 5.97 Å². The van der Waals surface area contributed by atoms with Crippen LogP contribution in [0.25, 0.3) is 0 Å². The number of hydrogen-bond donors (Lipinski definition) is 1. The van der Waals surface area contributed by atoms with E-state index in [1.807, 2.05) is 12.1 Å². The van der Waals surface area contributed by atoms with Gasteiger partial charge in [-0.25, -0.2) is 0 Å². The standard InChI is InChI=1S/C11H11ClO2/c1-11(10(13)14)5-4-7-6-8(12)2-3-9(7)11/h2-3,6H,4-5H2,1H3,(H,13,14). The molecule has 0 aliphatic heterocycles. The fourth-order valence-electron chi connectivity index (χ4n) is 2.05. The number of carboxylic acids is 1. The fraction of sp³-hybridized carbons (Fsp3) is 0.364. The number of hydrogen-bond acceptors (Lipinski definition) is 1. The maximum Gasteiger partial charge on any atom is 0.313 e.